The van der Waals surface area contributed by atoms with E-state index in [4.69, 9.17) is 4.74 Å². The molecule has 1 aliphatic heterocycles. The quantitative estimate of drug-likeness (QED) is 0.842. The molecule has 1 heterocycles. The van der Waals surface area contributed by atoms with Crippen molar-refractivity contribution in [1.29, 1.82) is 0 Å². The van der Waals surface area contributed by atoms with Gasteiger partial charge in [0.1, 0.15) is 0 Å². The maximum absolute atomic E-state index is 12.3. The lowest BCUT2D eigenvalue weighted by molar-refractivity contribution is 0.0902. The number of ether oxygens (including phenoxy) is 1. The minimum absolute atomic E-state index is 0.0224. The van der Waals surface area contributed by atoms with Gasteiger partial charge in [-0.15, -0.1) is 0 Å². The van der Waals surface area contributed by atoms with Gasteiger partial charge in [0.2, 0.25) is 10.0 Å². The van der Waals surface area contributed by atoms with Crippen LogP contribution in [-0.4, -0.2) is 33.7 Å². The van der Waals surface area contributed by atoms with Crippen LogP contribution in [0.5, 0.6) is 0 Å². The van der Waals surface area contributed by atoms with Crippen molar-refractivity contribution in [3.05, 3.63) is 24.3 Å². The Hall–Kier alpha value is -1.11. The maximum Gasteiger partial charge on any atom is 0.240 e. The van der Waals surface area contributed by atoms with Gasteiger partial charge in [-0.1, -0.05) is 0 Å². The molecular formula is C14H22N2O3S. The van der Waals surface area contributed by atoms with Crippen LogP contribution in [-0.2, 0) is 14.8 Å². The Labute approximate surface area is 120 Å². The molecule has 2 rings (SSSR count). The Bertz CT molecular complexity index is 522. The predicted octanol–water partition coefficient (Wildman–Crippen LogP) is 1.96. The summed E-state index contributed by atoms with van der Waals surface area (Å²) in [6.45, 7) is 5.37. The molecule has 2 N–H and O–H groups in total. The maximum atomic E-state index is 12.3. The fourth-order valence-electron chi connectivity index (χ4n) is 2.34. The van der Waals surface area contributed by atoms with E-state index in [9.17, 15) is 8.42 Å². The molecule has 1 aromatic rings. The summed E-state index contributed by atoms with van der Waals surface area (Å²) in [7, 11) is -3.49. The predicted molar refractivity (Wildman–Crippen MR) is 79.4 cm³/mol. The van der Waals surface area contributed by atoms with E-state index in [1.165, 1.54) is 0 Å². The van der Waals surface area contributed by atoms with Crippen molar-refractivity contribution in [3.8, 4) is 0 Å². The SMILES string of the molecule is CCNc1ccc(S(=O)(=O)NC(C)C2CCCO2)cc1. The molecule has 1 aromatic carbocycles. The minimum Gasteiger partial charge on any atom is -0.385 e. The number of hydrogen-bond donors (Lipinski definition) is 2. The number of rotatable bonds is 6. The van der Waals surface area contributed by atoms with E-state index in [1.54, 1.807) is 24.3 Å². The normalized spacial score (nSPS) is 20.8. The molecule has 20 heavy (non-hydrogen) atoms. The third-order valence-electron chi connectivity index (χ3n) is 3.41. The summed E-state index contributed by atoms with van der Waals surface area (Å²) in [5, 5.41) is 3.14. The highest BCUT2D eigenvalue weighted by atomic mass is 32.2. The minimum atomic E-state index is -3.49. The van der Waals surface area contributed by atoms with Gasteiger partial charge in [-0.2, -0.15) is 0 Å². The topological polar surface area (TPSA) is 67.4 Å². The summed E-state index contributed by atoms with van der Waals surface area (Å²) >= 11 is 0. The number of hydrogen-bond acceptors (Lipinski definition) is 4. The first kappa shape index (κ1) is 15.3. The fourth-order valence-corrected chi connectivity index (χ4v) is 3.61. The van der Waals surface area contributed by atoms with Crippen LogP contribution in [0.15, 0.2) is 29.2 Å². The van der Waals surface area contributed by atoms with Gasteiger partial charge in [0, 0.05) is 24.9 Å². The van der Waals surface area contributed by atoms with Gasteiger partial charge in [-0.25, -0.2) is 13.1 Å². The van der Waals surface area contributed by atoms with Gasteiger partial charge in [-0.3, -0.25) is 0 Å². The molecule has 2 atom stereocenters. The van der Waals surface area contributed by atoms with Crippen LogP contribution in [0.25, 0.3) is 0 Å². The molecule has 0 saturated carbocycles. The second kappa shape index (κ2) is 6.56. The lowest BCUT2D eigenvalue weighted by Crippen LogP contribution is -2.40. The van der Waals surface area contributed by atoms with E-state index in [0.29, 0.717) is 6.61 Å². The fraction of sp³-hybridized carbons (Fsp3) is 0.571. The zero-order valence-corrected chi connectivity index (χ0v) is 12.7. The molecule has 5 nitrogen and oxygen atoms in total. The highest BCUT2D eigenvalue weighted by molar-refractivity contribution is 7.89. The summed E-state index contributed by atoms with van der Waals surface area (Å²) in [5.74, 6) is 0. The van der Waals surface area contributed by atoms with E-state index in [0.717, 1.165) is 25.1 Å². The zero-order valence-electron chi connectivity index (χ0n) is 11.9. The summed E-state index contributed by atoms with van der Waals surface area (Å²) in [4.78, 5) is 0.281. The van der Waals surface area contributed by atoms with E-state index in [2.05, 4.69) is 10.0 Å². The van der Waals surface area contributed by atoms with Crippen molar-refractivity contribution < 1.29 is 13.2 Å². The average molecular weight is 298 g/mol. The van der Waals surface area contributed by atoms with Crippen molar-refractivity contribution in [2.24, 2.45) is 0 Å². The Morgan fingerprint density at radius 3 is 2.60 bits per heavy atom. The molecule has 0 aromatic heterocycles. The number of anilines is 1. The average Bonchev–Trinajstić information content (AvgIpc) is 2.93. The van der Waals surface area contributed by atoms with Crippen LogP contribution >= 0.6 is 0 Å². The molecule has 1 saturated heterocycles. The second-order valence-electron chi connectivity index (χ2n) is 5.02. The monoisotopic (exact) mass is 298 g/mol. The van der Waals surface area contributed by atoms with Gasteiger partial charge in [0.05, 0.1) is 11.0 Å². The Balaban J connectivity index is 2.05. The largest absolute Gasteiger partial charge is 0.385 e. The summed E-state index contributed by atoms with van der Waals surface area (Å²) in [6, 6.07) is 6.56. The van der Waals surface area contributed by atoms with Crippen molar-refractivity contribution in [1.82, 2.24) is 4.72 Å². The van der Waals surface area contributed by atoms with Crippen LogP contribution < -0.4 is 10.0 Å². The lowest BCUT2D eigenvalue weighted by atomic mass is 10.1. The Kier molecular flexibility index (Phi) is 5.01. The Morgan fingerprint density at radius 2 is 2.05 bits per heavy atom. The molecule has 112 valence electrons. The molecule has 0 bridgehead atoms. The van der Waals surface area contributed by atoms with Gasteiger partial charge < -0.3 is 10.1 Å². The molecule has 1 fully saturated rings. The smallest absolute Gasteiger partial charge is 0.240 e. The first-order valence-corrected chi connectivity index (χ1v) is 8.49. The first-order chi connectivity index (χ1) is 9.53. The van der Waals surface area contributed by atoms with Crippen molar-refractivity contribution in [2.45, 2.75) is 43.7 Å². The molecule has 0 spiro atoms. The van der Waals surface area contributed by atoms with Gasteiger partial charge in [0.25, 0.3) is 0 Å². The molecule has 2 unspecified atom stereocenters. The summed E-state index contributed by atoms with van der Waals surface area (Å²) in [5.41, 5.74) is 0.915. The van der Waals surface area contributed by atoms with E-state index < -0.39 is 10.0 Å². The van der Waals surface area contributed by atoms with Crippen LogP contribution in [0.1, 0.15) is 26.7 Å². The zero-order chi connectivity index (χ0) is 14.6. The molecule has 0 amide bonds. The standard InChI is InChI=1S/C14H22N2O3S/c1-3-15-12-6-8-13(9-7-12)20(17,18)16-11(2)14-5-4-10-19-14/h6-9,11,14-16H,3-5,10H2,1-2H3. The molecule has 6 heteroatoms. The molecular weight excluding hydrogens is 276 g/mol. The highest BCUT2D eigenvalue weighted by Gasteiger charge is 2.26. The van der Waals surface area contributed by atoms with Crippen LogP contribution in [0.3, 0.4) is 0 Å². The van der Waals surface area contributed by atoms with Crippen molar-refractivity contribution in [3.63, 3.8) is 0 Å². The third kappa shape index (κ3) is 3.71. The number of sulfonamides is 1. The van der Waals surface area contributed by atoms with Crippen molar-refractivity contribution in [2.75, 3.05) is 18.5 Å². The number of nitrogens with one attached hydrogen (secondary N) is 2. The van der Waals surface area contributed by atoms with Gasteiger partial charge >= 0.3 is 0 Å². The van der Waals surface area contributed by atoms with Crippen LogP contribution in [0.4, 0.5) is 5.69 Å². The lowest BCUT2D eigenvalue weighted by Gasteiger charge is -2.20. The summed E-state index contributed by atoms with van der Waals surface area (Å²) < 4.78 is 32.8. The number of benzene rings is 1. The van der Waals surface area contributed by atoms with E-state index in [1.807, 2.05) is 13.8 Å². The van der Waals surface area contributed by atoms with Crippen LogP contribution in [0, 0.1) is 0 Å². The van der Waals surface area contributed by atoms with Crippen LogP contribution in [0.2, 0.25) is 0 Å². The first-order valence-electron chi connectivity index (χ1n) is 7.01. The van der Waals surface area contributed by atoms with Gasteiger partial charge in [-0.05, 0) is 51.0 Å². The molecule has 1 aliphatic rings. The second-order valence-corrected chi connectivity index (χ2v) is 6.73. The Morgan fingerprint density at radius 1 is 1.35 bits per heavy atom. The summed E-state index contributed by atoms with van der Waals surface area (Å²) in [6.07, 6.45) is 1.88. The molecule has 0 aliphatic carbocycles. The van der Waals surface area contributed by atoms with Crippen molar-refractivity contribution >= 4 is 15.7 Å². The molecule has 0 radical (unpaired) electrons. The van der Waals surface area contributed by atoms with Gasteiger partial charge in [0.15, 0.2) is 0 Å². The highest BCUT2D eigenvalue weighted by Crippen LogP contribution is 2.18. The van der Waals surface area contributed by atoms with E-state index >= 15 is 0 Å². The third-order valence-corrected chi connectivity index (χ3v) is 4.98. The van der Waals surface area contributed by atoms with E-state index in [-0.39, 0.29) is 17.0 Å².